The lowest BCUT2D eigenvalue weighted by Crippen LogP contribution is -1.99. The van der Waals surface area contributed by atoms with Crippen molar-refractivity contribution < 1.29 is 8.78 Å². The Hall–Kier alpha value is -1.45. The Balaban J connectivity index is 2.46. The quantitative estimate of drug-likeness (QED) is 0.867. The fourth-order valence-corrected chi connectivity index (χ4v) is 1.75. The molecule has 2 N–H and O–H groups in total. The Morgan fingerprint density at radius 2 is 1.59 bits per heavy atom. The maximum atomic E-state index is 13.5. The highest BCUT2D eigenvalue weighted by Gasteiger charge is 2.06. The van der Waals surface area contributed by atoms with Crippen LogP contribution in [0.2, 0.25) is 5.02 Å². The fourth-order valence-electron chi connectivity index (χ4n) is 1.57. The first-order valence-corrected chi connectivity index (χ1v) is 5.43. The van der Waals surface area contributed by atoms with Crippen LogP contribution in [0.15, 0.2) is 36.4 Å². The highest BCUT2D eigenvalue weighted by molar-refractivity contribution is 6.31. The second-order valence-electron chi connectivity index (χ2n) is 3.64. The first-order chi connectivity index (χ1) is 8.11. The van der Waals surface area contributed by atoms with Crippen LogP contribution in [-0.2, 0) is 6.54 Å². The lowest BCUT2D eigenvalue weighted by molar-refractivity contribution is 0.611. The van der Waals surface area contributed by atoms with Gasteiger partial charge in [0.1, 0.15) is 11.6 Å². The van der Waals surface area contributed by atoms with E-state index in [0.717, 1.165) is 0 Å². The molecule has 0 aliphatic heterocycles. The molecule has 0 fully saturated rings. The van der Waals surface area contributed by atoms with E-state index in [1.807, 2.05) is 0 Å². The van der Waals surface area contributed by atoms with Crippen molar-refractivity contribution in [3.05, 3.63) is 58.6 Å². The third kappa shape index (κ3) is 2.46. The minimum Gasteiger partial charge on any atom is -0.326 e. The van der Waals surface area contributed by atoms with Gasteiger partial charge >= 0.3 is 0 Å². The van der Waals surface area contributed by atoms with Gasteiger partial charge in [0.2, 0.25) is 0 Å². The largest absolute Gasteiger partial charge is 0.326 e. The van der Waals surface area contributed by atoms with Crippen LogP contribution in [0.25, 0.3) is 11.1 Å². The summed E-state index contributed by atoms with van der Waals surface area (Å²) >= 11 is 5.67. The molecule has 0 heterocycles. The summed E-state index contributed by atoms with van der Waals surface area (Å²) < 4.78 is 26.5. The molecular formula is C13H10ClF2N. The first-order valence-electron chi connectivity index (χ1n) is 5.05. The minimum atomic E-state index is -0.491. The third-order valence-corrected chi connectivity index (χ3v) is 2.82. The van der Waals surface area contributed by atoms with E-state index in [1.54, 1.807) is 18.2 Å². The number of hydrogen-bond donors (Lipinski definition) is 1. The number of rotatable bonds is 2. The molecule has 0 aliphatic rings. The summed E-state index contributed by atoms with van der Waals surface area (Å²) in [6.07, 6.45) is 0. The normalized spacial score (nSPS) is 10.6. The van der Waals surface area contributed by atoms with Crippen molar-refractivity contribution in [3.8, 4) is 11.1 Å². The molecule has 0 spiro atoms. The maximum Gasteiger partial charge on any atom is 0.141 e. The van der Waals surface area contributed by atoms with E-state index < -0.39 is 5.82 Å². The van der Waals surface area contributed by atoms with Gasteiger partial charge in [-0.25, -0.2) is 8.78 Å². The van der Waals surface area contributed by atoms with Gasteiger partial charge < -0.3 is 5.73 Å². The SMILES string of the molecule is NCc1ccc(-c2ccc(F)c(Cl)c2)cc1F. The predicted octanol–water partition coefficient (Wildman–Crippen LogP) is 3.74. The standard InChI is InChI=1S/C13H10ClF2N/c14-11-5-8(3-4-12(11)15)9-1-2-10(7-17)13(16)6-9/h1-6H,7,17H2. The molecule has 0 bridgehead atoms. The van der Waals surface area contributed by atoms with E-state index >= 15 is 0 Å². The summed E-state index contributed by atoms with van der Waals surface area (Å²) in [6.45, 7) is 0.149. The second-order valence-corrected chi connectivity index (χ2v) is 4.05. The van der Waals surface area contributed by atoms with Crippen molar-refractivity contribution in [2.45, 2.75) is 6.54 Å². The Labute approximate surface area is 103 Å². The van der Waals surface area contributed by atoms with Crippen molar-refractivity contribution in [3.63, 3.8) is 0 Å². The lowest BCUT2D eigenvalue weighted by atomic mass is 10.0. The van der Waals surface area contributed by atoms with Gasteiger partial charge in [0.15, 0.2) is 0 Å². The molecule has 1 nitrogen and oxygen atoms in total. The van der Waals surface area contributed by atoms with E-state index in [-0.39, 0.29) is 17.4 Å². The summed E-state index contributed by atoms with van der Waals surface area (Å²) in [4.78, 5) is 0. The molecule has 0 unspecified atom stereocenters. The fraction of sp³-hybridized carbons (Fsp3) is 0.0769. The van der Waals surface area contributed by atoms with Gasteiger partial charge in [0.05, 0.1) is 5.02 Å². The van der Waals surface area contributed by atoms with Crippen LogP contribution in [-0.4, -0.2) is 0 Å². The molecule has 0 amide bonds. The average Bonchev–Trinajstić information content (AvgIpc) is 2.32. The zero-order valence-electron chi connectivity index (χ0n) is 8.88. The zero-order valence-corrected chi connectivity index (χ0v) is 9.64. The van der Waals surface area contributed by atoms with Gasteiger partial charge in [-0.05, 0) is 29.3 Å². The summed E-state index contributed by atoms with van der Waals surface area (Å²) in [5.74, 6) is -0.861. The van der Waals surface area contributed by atoms with Gasteiger partial charge in [0, 0.05) is 12.1 Å². The molecule has 88 valence electrons. The van der Waals surface area contributed by atoms with Gasteiger partial charge in [-0.1, -0.05) is 29.8 Å². The van der Waals surface area contributed by atoms with Crippen molar-refractivity contribution >= 4 is 11.6 Å². The van der Waals surface area contributed by atoms with Crippen LogP contribution in [0.3, 0.4) is 0 Å². The van der Waals surface area contributed by atoms with Crippen LogP contribution in [0.1, 0.15) is 5.56 Å². The van der Waals surface area contributed by atoms with E-state index in [4.69, 9.17) is 17.3 Å². The lowest BCUT2D eigenvalue weighted by Gasteiger charge is -2.05. The Morgan fingerprint density at radius 3 is 2.18 bits per heavy atom. The van der Waals surface area contributed by atoms with E-state index in [9.17, 15) is 8.78 Å². The number of hydrogen-bond acceptors (Lipinski definition) is 1. The van der Waals surface area contributed by atoms with Gasteiger partial charge in [-0.3, -0.25) is 0 Å². The topological polar surface area (TPSA) is 26.0 Å². The van der Waals surface area contributed by atoms with Crippen molar-refractivity contribution in [2.75, 3.05) is 0 Å². The third-order valence-electron chi connectivity index (χ3n) is 2.53. The first kappa shape index (κ1) is 12.0. The van der Waals surface area contributed by atoms with Gasteiger partial charge in [-0.15, -0.1) is 0 Å². The predicted molar refractivity (Wildman–Crippen MR) is 64.7 cm³/mol. The molecule has 0 aromatic heterocycles. The van der Waals surface area contributed by atoms with Gasteiger partial charge in [0.25, 0.3) is 0 Å². The molecule has 0 saturated heterocycles. The molecule has 0 atom stereocenters. The Kier molecular flexibility index (Phi) is 3.41. The minimum absolute atomic E-state index is 0.0193. The van der Waals surface area contributed by atoms with Crippen LogP contribution in [0, 0.1) is 11.6 Å². The molecule has 0 radical (unpaired) electrons. The Bertz CT molecular complexity index is 555. The monoisotopic (exact) mass is 253 g/mol. The van der Waals surface area contributed by atoms with Crippen LogP contribution < -0.4 is 5.73 Å². The molecule has 0 saturated carbocycles. The summed E-state index contributed by atoms with van der Waals surface area (Å²) in [6, 6.07) is 8.99. The van der Waals surface area contributed by atoms with Crippen LogP contribution in [0.4, 0.5) is 8.78 Å². The molecular weight excluding hydrogens is 244 g/mol. The van der Waals surface area contributed by atoms with Gasteiger partial charge in [-0.2, -0.15) is 0 Å². The highest BCUT2D eigenvalue weighted by atomic mass is 35.5. The number of nitrogens with two attached hydrogens (primary N) is 1. The summed E-state index contributed by atoms with van der Waals surface area (Å²) in [7, 11) is 0. The van der Waals surface area contributed by atoms with Crippen molar-refractivity contribution in [2.24, 2.45) is 5.73 Å². The van der Waals surface area contributed by atoms with Crippen molar-refractivity contribution in [1.29, 1.82) is 0 Å². The molecule has 0 aliphatic carbocycles. The van der Waals surface area contributed by atoms with E-state index in [2.05, 4.69) is 0 Å². The second kappa shape index (κ2) is 4.82. The summed E-state index contributed by atoms with van der Waals surface area (Å²) in [5, 5.41) is 0.0193. The number of halogens is 3. The molecule has 2 aromatic rings. The summed E-state index contributed by atoms with van der Waals surface area (Å²) in [5.41, 5.74) is 7.12. The smallest absolute Gasteiger partial charge is 0.141 e. The molecule has 2 rings (SSSR count). The molecule has 17 heavy (non-hydrogen) atoms. The molecule has 4 heteroatoms. The van der Waals surface area contributed by atoms with E-state index in [0.29, 0.717) is 16.7 Å². The zero-order chi connectivity index (χ0) is 12.4. The van der Waals surface area contributed by atoms with E-state index in [1.165, 1.54) is 18.2 Å². The maximum absolute atomic E-state index is 13.5. The highest BCUT2D eigenvalue weighted by Crippen LogP contribution is 2.26. The van der Waals surface area contributed by atoms with Crippen LogP contribution >= 0.6 is 11.6 Å². The Morgan fingerprint density at radius 1 is 0.941 bits per heavy atom. The van der Waals surface area contributed by atoms with Crippen LogP contribution in [0.5, 0.6) is 0 Å². The molecule has 2 aromatic carbocycles. The van der Waals surface area contributed by atoms with Crippen molar-refractivity contribution in [1.82, 2.24) is 0 Å². The average molecular weight is 254 g/mol. The number of benzene rings is 2.